The van der Waals surface area contributed by atoms with E-state index in [1.807, 2.05) is 0 Å². The Bertz CT molecular complexity index is 766. The van der Waals surface area contributed by atoms with Gasteiger partial charge in [0.1, 0.15) is 35.6 Å². The zero-order chi connectivity index (χ0) is 16.0. The van der Waals surface area contributed by atoms with Gasteiger partial charge in [-0.2, -0.15) is 0 Å². The van der Waals surface area contributed by atoms with Crippen molar-refractivity contribution in [3.05, 3.63) is 17.6 Å². The van der Waals surface area contributed by atoms with Gasteiger partial charge >= 0.3 is 0 Å². The van der Waals surface area contributed by atoms with Crippen molar-refractivity contribution in [1.82, 2.24) is 14.5 Å². The topological polar surface area (TPSA) is 127 Å². The second-order valence-electron chi connectivity index (χ2n) is 5.18. The number of nitrogens with two attached hydrogens (primary N) is 1. The molecule has 0 unspecified atom stereocenters. The van der Waals surface area contributed by atoms with Crippen LogP contribution in [0.3, 0.4) is 0 Å². The number of anilines is 1. The number of ether oxygens (including phenoxy) is 1. The van der Waals surface area contributed by atoms with Gasteiger partial charge in [-0.05, 0) is 6.92 Å². The molecule has 8 nitrogen and oxygen atoms in total. The number of aryl methyl sites for hydroxylation is 1. The fraction of sp³-hybridized carbons (Fsp3) is 0.429. The van der Waals surface area contributed by atoms with Crippen LogP contribution < -0.4 is 5.73 Å². The Hall–Kier alpha value is -2.18. The molecular weight excluding hydrogens is 288 g/mol. The molecule has 8 heteroatoms. The van der Waals surface area contributed by atoms with E-state index in [-0.39, 0.29) is 5.82 Å². The first-order valence-corrected chi connectivity index (χ1v) is 6.71. The zero-order valence-corrected chi connectivity index (χ0v) is 11.8. The average Bonchev–Trinajstić information content (AvgIpc) is 2.98. The number of aliphatic hydroxyl groups is 3. The van der Waals surface area contributed by atoms with Crippen molar-refractivity contribution in [3.8, 4) is 12.3 Å². The molecule has 0 bridgehead atoms. The Morgan fingerprint density at radius 3 is 2.73 bits per heavy atom. The number of fused-ring (bicyclic) bond motifs is 1. The third kappa shape index (κ3) is 2.03. The minimum absolute atomic E-state index is 0.237. The Morgan fingerprint density at radius 2 is 2.14 bits per heavy atom. The lowest BCUT2D eigenvalue weighted by Crippen LogP contribution is -2.33. The summed E-state index contributed by atoms with van der Waals surface area (Å²) in [6.07, 6.45) is 2.81. The molecule has 4 atom stereocenters. The first kappa shape index (κ1) is 14.7. The molecule has 1 aliphatic rings. The van der Waals surface area contributed by atoms with Gasteiger partial charge in [-0.1, -0.05) is 5.92 Å². The van der Waals surface area contributed by atoms with Gasteiger partial charge in [0.25, 0.3) is 0 Å². The van der Waals surface area contributed by atoms with Crippen LogP contribution in [0.15, 0.2) is 6.20 Å². The van der Waals surface area contributed by atoms with Crippen molar-refractivity contribution in [2.24, 2.45) is 0 Å². The predicted octanol–water partition coefficient (Wildman–Crippen LogP) is -1.09. The van der Waals surface area contributed by atoms with Crippen LogP contribution in [-0.4, -0.2) is 54.8 Å². The van der Waals surface area contributed by atoms with E-state index >= 15 is 0 Å². The van der Waals surface area contributed by atoms with E-state index in [1.54, 1.807) is 13.1 Å². The number of terminal acetylenes is 1. The molecule has 0 radical (unpaired) electrons. The molecule has 5 N–H and O–H groups in total. The van der Waals surface area contributed by atoms with Gasteiger partial charge in [-0.3, -0.25) is 0 Å². The van der Waals surface area contributed by atoms with Gasteiger partial charge in [-0.15, -0.1) is 6.42 Å². The highest BCUT2D eigenvalue weighted by molar-refractivity contribution is 5.92. The molecule has 3 heterocycles. The lowest BCUT2D eigenvalue weighted by atomic mass is 10.1. The van der Waals surface area contributed by atoms with E-state index in [0.29, 0.717) is 22.4 Å². The van der Waals surface area contributed by atoms with Gasteiger partial charge in [0.05, 0.1) is 17.6 Å². The fourth-order valence-electron chi connectivity index (χ4n) is 2.70. The molecule has 2 aromatic heterocycles. The maximum absolute atomic E-state index is 10.2. The number of hydrogen-bond donors (Lipinski definition) is 4. The van der Waals surface area contributed by atoms with Crippen molar-refractivity contribution in [1.29, 1.82) is 0 Å². The van der Waals surface area contributed by atoms with Crippen LogP contribution in [0, 0.1) is 19.3 Å². The van der Waals surface area contributed by atoms with E-state index < -0.39 is 31.1 Å². The number of aromatic nitrogens is 3. The maximum atomic E-state index is 10.2. The first-order valence-electron chi connectivity index (χ1n) is 6.71. The van der Waals surface area contributed by atoms with Crippen molar-refractivity contribution in [2.45, 2.75) is 31.5 Å². The summed E-state index contributed by atoms with van der Waals surface area (Å²) < 4.78 is 7.02. The molecule has 3 rings (SSSR count). The quantitative estimate of drug-likeness (QED) is 0.519. The van der Waals surface area contributed by atoms with Crippen LogP contribution in [-0.2, 0) is 4.74 Å². The van der Waals surface area contributed by atoms with Crippen LogP contribution in [0.25, 0.3) is 11.0 Å². The molecule has 2 aromatic rings. The Morgan fingerprint density at radius 1 is 1.41 bits per heavy atom. The SMILES string of the molecule is C#Cc1cn([C@@H]2O[C@H](CO)[C@@H](O)[C@H]2O)c2nc(C)nc(N)c12. The summed E-state index contributed by atoms with van der Waals surface area (Å²) >= 11 is 0. The van der Waals surface area contributed by atoms with Crippen LogP contribution >= 0.6 is 0 Å². The number of nitrogens with zero attached hydrogens (tertiary/aromatic N) is 3. The maximum Gasteiger partial charge on any atom is 0.164 e. The number of aliphatic hydroxyl groups excluding tert-OH is 3. The summed E-state index contributed by atoms with van der Waals surface area (Å²) in [5, 5.41) is 29.7. The number of nitrogen functional groups attached to an aromatic ring is 1. The zero-order valence-electron chi connectivity index (χ0n) is 11.8. The third-order valence-corrected chi connectivity index (χ3v) is 3.76. The standard InChI is InChI=1S/C14H16N4O4/c1-3-7-4-18(13-9(7)12(15)16-6(2)17-13)14-11(21)10(20)8(5-19)22-14/h1,4,8,10-11,14,19-21H,5H2,2H3,(H2,15,16,17)/t8-,10-,11-,14-/m1/s1. The molecule has 0 aliphatic carbocycles. The second-order valence-corrected chi connectivity index (χ2v) is 5.18. The summed E-state index contributed by atoms with van der Waals surface area (Å²) in [6.45, 7) is 1.27. The fourth-order valence-corrected chi connectivity index (χ4v) is 2.70. The monoisotopic (exact) mass is 304 g/mol. The van der Waals surface area contributed by atoms with Gasteiger partial charge in [0.2, 0.25) is 0 Å². The van der Waals surface area contributed by atoms with Gasteiger partial charge in [0, 0.05) is 6.20 Å². The molecule has 22 heavy (non-hydrogen) atoms. The smallest absolute Gasteiger partial charge is 0.164 e. The van der Waals surface area contributed by atoms with Crippen molar-refractivity contribution < 1.29 is 20.1 Å². The summed E-state index contributed by atoms with van der Waals surface area (Å²) in [6, 6.07) is 0. The van der Waals surface area contributed by atoms with Crippen LogP contribution in [0.1, 0.15) is 17.6 Å². The summed E-state index contributed by atoms with van der Waals surface area (Å²) in [5.41, 5.74) is 6.78. The molecule has 1 aliphatic heterocycles. The normalized spacial score (nSPS) is 28.1. The highest BCUT2D eigenvalue weighted by Gasteiger charge is 2.44. The van der Waals surface area contributed by atoms with E-state index in [9.17, 15) is 15.3 Å². The first-order chi connectivity index (χ1) is 10.5. The Labute approximate surface area is 126 Å². The van der Waals surface area contributed by atoms with Crippen LogP contribution in [0.2, 0.25) is 0 Å². The summed E-state index contributed by atoms with van der Waals surface area (Å²) in [7, 11) is 0. The van der Waals surface area contributed by atoms with E-state index in [2.05, 4.69) is 15.9 Å². The van der Waals surface area contributed by atoms with E-state index in [4.69, 9.17) is 16.9 Å². The van der Waals surface area contributed by atoms with Crippen LogP contribution in [0.4, 0.5) is 5.82 Å². The second kappa shape index (κ2) is 5.23. The third-order valence-electron chi connectivity index (χ3n) is 3.76. The minimum Gasteiger partial charge on any atom is -0.394 e. The highest BCUT2D eigenvalue weighted by atomic mass is 16.6. The van der Waals surface area contributed by atoms with Crippen molar-refractivity contribution in [2.75, 3.05) is 12.3 Å². The average molecular weight is 304 g/mol. The molecule has 1 saturated heterocycles. The van der Waals surface area contributed by atoms with E-state index in [1.165, 1.54) is 4.57 Å². The molecule has 0 saturated carbocycles. The van der Waals surface area contributed by atoms with Crippen molar-refractivity contribution >= 4 is 16.9 Å². The molecular formula is C14H16N4O4. The predicted molar refractivity (Wildman–Crippen MR) is 77.6 cm³/mol. The largest absolute Gasteiger partial charge is 0.394 e. The van der Waals surface area contributed by atoms with Gasteiger partial charge in [-0.25, -0.2) is 9.97 Å². The lowest BCUT2D eigenvalue weighted by molar-refractivity contribution is -0.0508. The van der Waals surface area contributed by atoms with Crippen LogP contribution in [0.5, 0.6) is 0 Å². The number of rotatable bonds is 2. The molecule has 0 aromatic carbocycles. The molecule has 1 fully saturated rings. The van der Waals surface area contributed by atoms with Gasteiger partial charge in [0.15, 0.2) is 6.23 Å². The lowest BCUT2D eigenvalue weighted by Gasteiger charge is -2.17. The summed E-state index contributed by atoms with van der Waals surface area (Å²) in [5.74, 6) is 3.18. The minimum atomic E-state index is -1.23. The Kier molecular flexibility index (Phi) is 3.50. The highest BCUT2D eigenvalue weighted by Crippen LogP contribution is 2.34. The molecule has 116 valence electrons. The van der Waals surface area contributed by atoms with Crippen molar-refractivity contribution in [3.63, 3.8) is 0 Å². The summed E-state index contributed by atoms with van der Waals surface area (Å²) in [4.78, 5) is 8.38. The number of hydrogen-bond acceptors (Lipinski definition) is 7. The molecule has 0 spiro atoms. The molecule has 0 amide bonds. The Balaban J connectivity index is 2.18. The van der Waals surface area contributed by atoms with E-state index in [0.717, 1.165) is 0 Å². The van der Waals surface area contributed by atoms with Gasteiger partial charge < -0.3 is 30.4 Å².